The van der Waals surface area contributed by atoms with Crippen molar-refractivity contribution in [2.24, 2.45) is 0 Å². The number of amides is 3. The standard InChI is InChI=1S/C16H20N6O2/c23-15-2-1-9-21(15)12-5-10-20(11-6-12)16(24)19-14-3-7-17-13-4-8-18-22(13)14/h3-4,7-8,12H,1-2,5-6,9-11H2,(H,19,24). The number of hydrogen-bond acceptors (Lipinski definition) is 4. The van der Waals surface area contributed by atoms with Crippen LogP contribution in [0.3, 0.4) is 0 Å². The van der Waals surface area contributed by atoms with E-state index < -0.39 is 0 Å². The molecule has 2 aliphatic rings. The summed E-state index contributed by atoms with van der Waals surface area (Å²) in [5.74, 6) is 0.864. The molecule has 0 unspecified atom stereocenters. The van der Waals surface area contributed by atoms with Crippen molar-refractivity contribution >= 4 is 23.4 Å². The van der Waals surface area contributed by atoms with E-state index in [4.69, 9.17) is 0 Å². The van der Waals surface area contributed by atoms with Crippen LogP contribution in [0.25, 0.3) is 5.65 Å². The van der Waals surface area contributed by atoms with Crippen LogP contribution in [0.4, 0.5) is 10.6 Å². The predicted octanol–water partition coefficient (Wildman–Crippen LogP) is 1.35. The van der Waals surface area contributed by atoms with Gasteiger partial charge in [-0.1, -0.05) is 0 Å². The molecule has 0 radical (unpaired) electrons. The van der Waals surface area contributed by atoms with E-state index in [0.717, 1.165) is 25.8 Å². The first-order chi connectivity index (χ1) is 11.7. The van der Waals surface area contributed by atoms with E-state index in [1.165, 1.54) is 0 Å². The van der Waals surface area contributed by atoms with Crippen molar-refractivity contribution in [1.29, 1.82) is 0 Å². The van der Waals surface area contributed by atoms with E-state index in [-0.39, 0.29) is 18.0 Å². The van der Waals surface area contributed by atoms with Crippen molar-refractivity contribution in [3.05, 3.63) is 24.5 Å². The highest BCUT2D eigenvalue weighted by atomic mass is 16.2. The van der Waals surface area contributed by atoms with E-state index in [0.29, 0.717) is 31.0 Å². The quantitative estimate of drug-likeness (QED) is 0.902. The summed E-state index contributed by atoms with van der Waals surface area (Å²) >= 11 is 0. The molecule has 0 aromatic carbocycles. The second-order valence-electron chi connectivity index (χ2n) is 6.27. The smallest absolute Gasteiger partial charge is 0.323 e. The van der Waals surface area contributed by atoms with Gasteiger partial charge in [0.2, 0.25) is 5.91 Å². The molecule has 2 aliphatic heterocycles. The lowest BCUT2D eigenvalue weighted by molar-refractivity contribution is -0.130. The number of nitrogens with one attached hydrogen (secondary N) is 1. The SMILES string of the molecule is O=C(Nc1ccnc2ccnn12)N1CCC(N2CCCC2=O)CC1. The topological polar surface area (TPSA) is 82.8 Å². The number of nitrogens with zero attached hydrogens (tertiary/aromatic N) is 5. The maximum atomic E-state index is 12.5. The summed E-state index contributed by atoms with van der Waals surface area (Å²) in [6.07, 6.45) is 6.61. The van der Waals surface area contributed by atoms with Crippen LogP contribution in [0, 0.1) is 0 Å². The highest BCUT2D eigenvalue weighted by Gasteiger charge is 2.31. The van der Waals surface area contributed by atoms with Crippen molar-refractivity contribution in [3.8, 4) is 0 Å². The number of urea groups is 1. The Hall–Kier alpha value is -2.64. The zero-order chi connectivity index (χ0) is 16.5. The zero-order valence-corrected chi connectivity index (χ0v) is 13.4. The lowest BCUT2D eigenvalue weighted by atomic mass is 10.0. The molecular weight excluding hydrogens is 308 g/mol. The summed E-state index contributed by atoms with van der Waals surface area (Å²) in [6, 6.07) is 3.66. The van der Waals surface area contributed by atoms with Crippen LogP contribution in [0.15, 0.2) is 24.5 Å². The monoisotopic (exact) mass is 328 g/mol. The Labute approximate surface area is 139 Å². The summed E-state index contributed by atoms with van der Waals surface area (Å²) < 4.78 is 1.60. The minimum absolute atomic E-state index is 0.135. The van der Waals surface area contributed by atoms with Crippen molar-refractivity contribution < 1.29 is 9.59 Å². The molecule has 0 saturated carbocycles. The molecular formula is C16H20N6O2. The van der Waals surface area contributed by atoms with Gasteiger partial charge in [0.15, 0.2) is 5.65 Å². The molecule has 0 bridgehead atoms. The minimum Gasteiger partial charge on any atom is -0.340 e. The molecule has 0 aliphatic carbocycles. The lowest BCUT2D eigenvalue weighted by Crippen LogP contribution is -2.48. The Morgan fingerprint density at radius 2 is 2.00 bits per heavy atom. The summed E-state index contributed by atoms with van der Waals surface area (Å²) in [4.78, 5) is 32.3. The average Bonchev–Trinajstić information content (AvgIpc) is 3.24. The van der Waals surface area contributed by atoms with Crippen molar-refractivity contribution in [2.45, 2.75) is 31.7 Å². The van der Waals surface area contributed by atoms with Crippen LogP contribution < -0.4 is 5.32 Å². The molecule has 8 nitrogen and oxygen atoms in total. The van der Waals surface area contributed by atoms with Crippen LogP contribution in [-0.2, 0) is 4.79 Å². The van der Waals surface area contributed by atoms with E-state index in [1.54, 1.807) is 33.9 Å². The largest absolute Gasteiger partial charge is 0.340 e. The van der Waals surface area contributed by atoms with Crippen molar-refractivity contribution in [2.75, 3.05) is 25.0 Å². The first-order valence-electron chi connectivity index (χ1n) is 8.36. The van der Waals surface area contributed by atoms with Crippen molar-refractivity contribution in [1.82, 2.24) is 24.4 Å². The highest BCUT2D eigenvalue weighted by Crippen LogP contribution is 2.22. The molecule has 2 fully saturated rings. The van der Waals surface area contributed by atoms with Gasteiger partial charge >= 0.3 is 6.03 Å². The Morgan fingerprint density at radius 1 is 1.17 bits per heavy atom. The fourth-order valence-electron chi connectivity index (χ4n) is 3.55. The first kappa shape index (κ1) is 14.9. The number of carbonyl (C=O) groups excluding carboxylic acids is 2. The van der Waals surface area contributed by atoms with Gasteiger partial charge in [-0.05, 0) is 25.3 Å². The summed E-state index contributed by atoms with van der Waals surface area (Å²) in [5, 5.41) is 7.07. The van der Waals surface area contributed by atoms with Gasteiger partial charge in [-0.15, -0.1) is 0 Å². The van der Waals surface area contributed by atoms with Crippen LogP contribution in [0.5, 0.6) is 0 Å². The fraction of sp³-hybridized carbons (Fsp3) is 0.500. The van der Waals surface area contributed by atoms with Crippen LogP contribution in [0.2, 0.25) is 0 Å². The van der Waals surface area contributed by atoms with Gasteiger partial charge in [0.25, 0.3) is 0 Å². The lowest BCUT2D eigenvalue weighted by Gasteiger charge is -2.36. The Kier molecular flexibility index (Phi) is 3.79. The second-order valence-corrected chi connectivity index (χ2v) is 6.27. The van der Waals surface area contributed by atoms with Crippen molar-refractivity contribution in [3.63, 3.8) is 0 Å². The van der Waals surface area contributed by atoms with Gasteiger partial charge in [-0.3, -0.25) is 10.1 Å². The molecule has 8 heteroatoms. The van der Waals surface area contributed by atoms with Gasteiger partial charge in [0.05, 0.1) is 6.20 Å². The van der Waals surface area contributed by atoms with Gasteiger partial charge < -0.3 is 9.80 Å². The molecule has 4 heterocycles. The molecule has 2 aromatic rings. The number of hydrogen-bond donors (Lipinski definition) is 1. The highest BCUT2D eigenvalue weighted by molar-refractivity contribution is 5.88. The van der Waals surface area contributed by atoms with E-state index in [1.807, 2.05) is 4.90 Å². The second kappa shape index (κ2) is 6.10. The number of rotatable bonds is 2. The molecule has 3 amide bonds. The number of anilines is 1. The third-order valence-corrected chi connectivity index (χ3v) is 4.83. The zero-order valence-electron chi connectivity index (χ0n) is 13.4. The number of likely N-dealkylation sites (tertiary alicyclic amines) is 2. The third-order valence-electron chi connectivity index (χ3n) is 4.83. The van der Waals surface area contributed by atoms with Crippen LogP contribution in [0.1, 0.15) is 25.7 Å². The number of fused-ring (bicyclic) bond motifs is 1. The van der Waals surface area contributed by atoms with E-state index in [2.05, 4.69) is 15.4 Å². The Morgan fingerprint density at radius 3 is 2.75 bits per heavy atom. The van der Waals surface area contributed by atoms with E-state index in [9.17, 15) is 9.59 Å². The summed E-state index contributed by atoms with van der Waals surface area (Å²) in [6.45, 7) is 2.19. The predicted molar refractivity (Wildman–Crippen MR) is 87.5 cm³/mol. The number of piperidine rings is 1. The molecule has 1 N–H and O–H groups in total. The average molecular weight is 328 g/mol. The molecule has 2 aromatic heterocycles. The molecule has 0 spiro atoms. The summed E-state index contributed by atoms with van der Waals surface area (Å²) in [7, 11) is 0. The normalized spacial score (nSPS) is 19.2. The van der Waals surface area contributed by atoms with Gasteiger partial charge in [0.1, 0.15) is 5.82 Å². The van der Waals surface area contributed by atoms with Crippen LogP contribution >= 0.6 is 0 Å². The van der Waals surface area contributed by atoms with Gasteiger partial charge in [-0.2, -0.15) is 9.61 Å². The van der Waals surface area contributed by atoms with E-state index >= 15 is 0 Å². The molecule has 4 rings (SSSR count). The molecule has 24 heavy (non-hydrogen) atoms. The number of carbonyl (C=O) groups is 2. The molecule has 0 atom stereocenters. The minimum atomic E-state index is -0.135. The maximum Gasteiger partial charge on any atom is 0.323 e. The van der Waals surface area contributed by atoms with Gasteiger partial charge in [0, 0.05) is 44.4 Å². The first-order valence-corrected chi connectivity index (χ1v) is 8.36. The Bertz CT molecular complexity index is 765. The maximum absolute atomic E-state index is 12.5. The Balaban J connectivity index is 1.38. The van der Waals surface area contributed by atoms with Crippen LogP contribution in [-0.4, -0.2) is 62.0 Å². The fourth-order valence-corrected chi connectivity index (χ4v) is 3.55. The third kappa shape index (κ3) is 2.68. The molecule has 126 valence electrons. The van der Waals surface area contributed by atoms with Gasteiger partial charge in [-0.25, -0.2) is 9.78 Å². The summed E-state index contributed by atoms with van der Waals surface area (Å²) in [5.41, 5.74) is 0.694. The number of aromatic nitrogens is 3. The molecule has 2 saturated heterocycles.